The summed E-state index contributed by atoms with van der Waals surface area (Å²) in [7, 11) is 0. The molecule has 21 heteroatoms. The summed E-state index contributed by atoms with van der Waals surface area (Å²) < 4.78 is 0. The molecule has 0 heterocycles. The van der Waals surface area contributed by atoms with Crippen LogP contribution in [0.15, 0.2) is 0 Å². The lowest BCUT2D eigenvalue weighted by atomic mass is 10.1. The summed E-state index contributed by atoms with van der Waals surface area (Å²) in [6.45, 7) is -1.43. The van der Waals surface area contributed by atoms with E-state index in [1.54, 1.807) is 0 Å². The van der Waals surface area contributed by atoms with Crippen LogP contribution in [0.1, 0.15) is 32.1 Å². The largest absolute Gasteiger partial charge is 0.480 e. The van der Waals surface area contributed by atoms with Crippen LogP contribution in [0.4, 0.5) is 0 Å². The number of thioether (sulfide) groups is 2. The molecule has 0 aromatic carbocycles. The number of carbonyl (C=O) groups excluding carboxylic acids is 5. The molecule has 4 atom stereocenters. The molecule has 45 heavy (non-hydrogen) atoms. The Morgan fingerprint density at radius 1 is 0.600 bits per heavy atom. The van der Waals surface area contributed by atoms with Crippen LogP contribution < -0.4 is 32.7 Å². The first kappa shape index (κ1) is 41.0. The van der Waals surface area contributed by atoms with Crippen LogP contribution in [0.3, 0.4) is 0 Å². The Hall–Kier alpha value is -3.95. The number of nitrogens with one attached hydrogen (secondary N) is 4. The van der Waals surface area contributed by atoms with E-state index < -0.39 is 84.8 Å². The van der Waals surface area contributed by atoms with E-state index in [1.165, 1.54) is 0 Å². The van der Waals surface area contributed by atoms with Gasteiger partial charge in [-0.25, -0.2) is 0 Å². The van der Waals surface area contributed by atoms with Crippen molar-refractivity contribution < 1.29 is 63.6 Å². The summed E-state index contributed by atoms with van der Waals surface area (Å²) in [6.07, 6.45) is -1.03. The molecule has 4 unspecified atom stereocenters. The lowest BCUT2D eigenvalue weighted by Gasteiger charge is -2.18. The van der Waals surface area contributed by atoms with Crippen molar-refractivity contribution in [1.29, 1.82) is 0 Å². The Labute approximate surface area is 265 Å². The molecule has 12 N–H and O–H groups in total. The molecule has 0 radical (unpaired) electrons. The van der Waals surface area contributed by atoms with Gasteiger partial charge in [0, 0.05) is 36.5 Å². The van der Waals surface area contributed by atoms with Crippen LogP contribution in [-0.2, 0) is 43.2 Å². The average molecular weight is 683 g/mol. The molecule has 0 aliphatic rings. The number of carboxylic acids is 4. The van der Waals surface area contributed by atoms with Gasteiger partial charge in [0.15, 0.2) is 0 Å². The third-order valence-electron chi connectivity index (χ3n) is 5.49. The first-order valence-electron chi connectivity index (χ1n) is 13.2. The summed E-state index contributed by atoms with van der Waals surface area (Å²) in [5.41, 5.74) is 10.7. The molecule has 0 saturated heterocycles. The van der Waals surface area contributed by atoms with Crippen LogP contribution in [0.2, 0.25) is 0 Å². The van der Waals surface area contributed by atoms with Crippen molar-refractivity contribution in [3.05, 3.63) is 0 Å². The Kier molecular flexibility index (Phi) is 20.6. The summed E-state index contributed by atoms with van der Waals surface area (Å²) in [6, 6.07) is -5.01. The van der Waals surface area contributed by atoms with Gasteiger partial charge in [-0.3, -0.25) is 43.2 Å². The molecule has 0 aromatic heterocycles. The average Bonchev–Trinajstić information content (AvgIpc) is 2.96. The molecule has 0 aliphatic heterocycles. The van der Waals surface area contributed by atoms with Crippen molar-refractivity contribution >= 4 is 76.8 Å². The van der Waals surface area contributed by atoms with Gasteiger partial charge in [0.05, 0.1) is 5.75 Å². The van der Waals surface area contributed by atoms with E-state index in [9.17, 15) is 43.2 Å². The summed E-state index contributed by atoms with van der Waals surface area (Å²) in [5, 5.41) is 44.2. The Morgan fingerprint density at radius 2 is 1.00 bits per heavy atom. The Bertz CT molecular complexity index is 1090. The van der Waals surface area contributed by atoms with Crippen molar-refractivity contribution in [2.24, 2.45) is 11.5 Å². The van der Waals surface area contributed by atoms with Gasteiger partial charge in [-0.1, -0.05) is 0 Å². The maximum Gasteiger partial charge on any atom is 0.322 e. The number of carboxylic acid groups (broad SMARTS) is 4. The topological polar surface area (TPSA) is 335 Å². The smallest absolute Gasteiger partial charge is 0.322 e. The maximum absolute atomic E-state index is 12.4. The number of aliphatic carboxylic acids is 4. The molecule has 0 spiro atoms. The SMILES string of the molecule is NC(CCC(=O)NC(CSCCC(=O)CSCC(NC(=O)CCC(N)C(=O)O)C(=O)NCC(=O)O)C(=O)NCC(=O)O)C(=O)O. The van der Waals surface area contributed by atoms with E-state index >= 15 is 0 Å². The molecule has 0 saturated carbocycles. The van der Waals surface area contributed by atoms with Gasteiger partial charge >= 0.3 is 23.9 Å². The van der Waals surface area contributed by atoms with Crippen LogP contribution in [0.25, 0.3) is 0 Å². The zero-order valence-corrected chi connectivity index (χ0v) is 25.7. The summed E-state index contributed by atoms with van der Waals surface area (Å²) in [5.74, 6) is -8.67. The van der Waals surface area contributed by atoms with E-state index in [0.29, 0.717) is 0 Å². The first-order chi connectivity index (χ1) is 21.0. The van der Waals surface area contributed by atoms with Crippen molar-refractivity contribution in [3.8, 4) is 0 Å². The first-order valence-corrected chi connectivity index (χ1v) is 15.6. The lowest BCUT2D eigenvalue weighted by Crippen LogP contribution is -2.49. The predicted molar refractivity (Wildman–Crippen MR) is 159 cm³/mol. The van der Waals surface area contributed by atoms with Gasteiger partial charge in [0.2, 0.25) is 23.6 Å². The van der Waals surface area contributed by atoms with E-state index in [1.807, 2.05) is 0 Å². The van der Waals surface area contributed by atoms with Crippen LogP contribution in [-0.4, -0.2) is 134 Å². The molecule has 0 aromatic rings. The quantitative estimate of drug-likeness (QED) is 0.0412. The highest BCUT2D eigenvalue weighted by Gasteiger charge is 2.24. The van der Waals surface area contributed by atoms with Gasteiger partial charge in [-0.2, -0.15) is 23.5 Å². The van der Waals surface area contributed by atoms with Crippen molar-refractivity contribution in [1.82, 2.24) is 21.3 Å². The van der Waals surface area contributed by atoms with Gasteiger partial charge in [-0.05, 0) is 12.8 Å². The maximum atomic E-state index is 12.4. The number of nitrogens with two attached hydrogens (primary N) is 2. The molecule has 4 amide bonds. The number of carbonyl (C=O) groups is 9. The van der Waals surface area contributed by atoms with Gasteiger partial charge in [0.1, 0.15) is 43.0 Å². The van der Waals surface area contributed by atoms with E-state index in [0.717, 1.165) is 23.5 Å². The number of Topliss-reactive ketones (excluding diaryl/α,β-unsaturated/α-hetero) is 1. The van der Waals surface area contributed by atoms with Gasteiger partial charge < -0.3 is 53.2 Å². The van der Waals surface area contributed by atoms with Gasteiger partial charge in [-0.15, -0.1) is 0 Å². The highest BCUT2D eigenvalue weighted by atomic mass is 32.2. The predicted octanol–water partition coefficient (Wildman–Crippen LogP) is -3.83. The fourth-order valence-electron chi connectivity index (χ4n) is 3.04. The Balaban J connectivity index is 4.90. The molecule has 0 aliphatic carbocycles. The monoisotopic (exact) mass is 682 g/mol. The van der Waals surface area contributed by atoms with E-state index in [2.05, 4.69) is 21.3 Å². The zero-order valence-electron chi connectivity index (χ0n) is 24.0. The zero-order chi connectivity index (χ0) is 34.5. The second-order valence-electron chi connectivity index (χ2n) is 9.31. The lowest BCUT2D eigenvalue weighted by molar-refractivity contribution is -0.140. The third kappa shape index (κ3) is 20.6. The summed E-state index contributed by atoms with van der Waals surface area (Å²) >= 11 is 2.07. The van der Waals surface area contributed by atoms with Gasteiger partial charge in [0.25, 0.3) is 0 Å². The molecule has 0 bridgehead atoms. The minimum Gasteiger partial charge on any atom is -0.480 e. The normalized spacial score (nSPS) is 13.3. The standard InChI is InChI=1S/C24H38N6O13S2/c25-13(23(40)41)1-3-17(32)29-15(21(38)27-7-19(34)35)10-44-6-5-12(31)9-45-11-16(22(39)28-8-20(36)37)30-18(33)4-2-14(26)24(42)43/h13-16H,1-11,25-26H2,(H,27,38)(H,28,39)(H,29,32)(H,30,33)(H,34,35)(H,36,37)(H,40,41)(H,42,43). The molecular weight excluding hydrogens is 644 g/mol. The number of ketones is 1. The number of hydrogen-bond donors (Lipinski definition) is 10. The highest BCUT2D eigenvalue weighted by molar-refractivity contribution is 8.00. The molecule has 254 valence electrons. The minimum atomic E-state index is -1.33. The number of rotatable bonds is 25. The molecule has 19 nitrogen and oxygen atoms in total. The fourth-order valence-corrected chi connectivity index (χ4v) is 5.01. The second-order valence-corrected chi connectivity index (χ2v) is 11.5. The van der Waals surface area contributed by atoms with Crippen molar-refractivity contribution in [3.63, 3.8) is 0 Å². The van der Waals surface area contributed by atoms with Crippen LogP contribution in [0.5, 0.6) is 0 Å². The number of hydrogen-bond acceptors (Lipinski definition) is 13. The fraction of sp³-hybridized carbons (Fsp3) is 0.625. The van der Waals surface area contributed by atoms with E-state index in [-0.39, 0.29) is 60.9 Å². The van der Waals surface area contributed by atoms with Crippen LogP contribution in [0, 0.1) is 0 Å². The second kappa shape index (κ2) is 22.5. The minimum absolute atomic E-state index is 0.00213. The van der Waals surface area contributed by atoms with Crippen molar-refractivity contribution in [2.75, 3.05) is 36.1 Å². The number of amides is 4. The Morgan fingerprint density at radius 3 is 1.38 bits per heavy atom. The van der Waals surface area contributed by atoms with Crippen molar-refractivity contribution in [2.45, 2.75) is 56.3 Å². The van der Waals surface area contributed by atoms with Crippen LogP contribution >= 0.6 is 23.5 Å². The highest BCUT2D eigenvalue weighted by Crippen LogP contribution is 2.11. The molecule has 0 fully saturated rings. The molecular formula is C24H38N6O13S2. The summed E-state index contributed by atoms with van der Waals surface area (Å²) in [4.78, 5) is 105. The van der Waals surface area contributed by atoms with E-state index in [4.69, 9.17) is 31.9 Å². The third-order valence-corrected chi connectivity index (χ3v) is 7.64. The molecule has 0 rings (SSSR count).